The van der Waals surface area contributed by atoms with Gasteiger partial charge in [0.05, 0.1) is 0 Å². The smallest absolute Gasteiger partial charge is 0.322 e. The van der Waals surface area contributed by atoms with Gasteiger partial charge in [0.25, 0.3) is 5.91 Å². The zero-order valence-electron chi connectivity index (χ0n) is 14.1. The Hall–Kier alpha value is -2.27. The maximum atomic E-state index is 13.7. The molecule has 2 rings (SSSR count). The van der Waals surface area contributed by atoms with E-state index in [0.717, 1.165) is 0 Å². The molecule has 2 atom stereocenters. The number of carboxylic acid groups (broad SMARTS) is 1. The molecule has 0 spiro atoms. The van der Waals surface area contributed by atoms with E-state index in [9.17, 15) is 27.6 Å². The normalized spacial score (nSPS) is 17.6. The van der Waals surface area contributed by atoms with Gasteiger partial charge in [-0.05, 0) is 18.1 Å². The number of rotatable bonds is 7. The minimum atomic E-state index is -1.31. The predicted octanol–water partition coefficient (Wildman–Crippen LogP) is 0.466. The highest BCUT2D eigenvalue weighted by molar-refractivity contribution is 8.00. The Bertz CT molecular complexity index is 750. The highest BCUT2D eigenvalue weighted by Crippen LogP contribution is 2.25. The summed E-state index contributed by atoms with van der Waals surface area (Å²) in [4.78, 5) is 36.2. The first-order valence-electron chi connectivity index (χ1n) is 7.98. The summed E-state index contributed by atoms with van der Waals surface area (Å²) in [5, 5.41) is 9.94. The summed E-state index contributed by atoms with van der Waals surface area (Å²) in [6.45, 7) is -0.284. The number of benzene rings is 1. The number of thioether (sulfide) groups is 1. The van der Waals surface area contributed by atoms with Gasteiger partial charge in [-0.3, -0.25) is 14.4 Å². The van der Waals surface area contributed by atoms with Crippen molar-refractivity contribution in [3.8, 4) is 0 Å². The molecule has 4 N–H and O–H groups in total. The molecule has 1 fully saturated rings. The Kier molecular flexibility index (Phi) is 7.08. The maximum absolute atomic E-state index is 13.7. The molecular formula is C16H18F3N3O4S. The molecule has 148 valence electrons. The number of amides is 2. The van der Waals surface area contributed by atoms with Crippen LogP contribution in [-0.4, -0.2) is 58.0 Å². The molecule has 1 heterocycles. The highest BCUT2D eigenvalue weighted by Gasteiger charge is 2.35. The van der Waals surface area contributed by atoms with Gasteiger partial charge in [0.1, 0.15) is 12.4 Å². The second-order valence-corrected chi connectivity index (χ2v) is 7.14. The van der Waals surface area contributed by atoms with Crippen LogP contribution in [0.1, 0.15) is 12.0 Å². The molecule has 1 unspecified atom stereocenters. The topological polar surface area (TPSA) is 113 Å². The number of nitrogens with one attached hydrogen (secondary N) is 1. The molecule has 0 bridgehead atoms. The van der Waals surface area contributed by atoms with Gasteiger partial charge in [0, 0.05) is 30.8 Å². The van der Waals surface area contributed by atoms with Crippen molar-refractivity contribution in [2.75, 3.05) is 18.8 Å². The van der Waals surface area contributed by atoms with Gasteiger partial charge in [-0.25, -0.2) is 13.2 Å². The molecule has 11 heteroatoms. The number of hydrogen-bond acceptors (Lipinski definition) is 5. The van der Waals surface area contributed by atoms with Gasteiger partial charge < -0.3 is 21.1 Å². The zero-order valence-corrected chi connectivity index (χ0v) is 14.9. The summed E-state index contributed by atoms with van der Waals surface area (Å²) >= 11 is 1.18. The second-order valence-electron chi connectivity index (χ2n) is 5.95. The molecule has 0 aromatic heterocycles. The number of aliphatic carboxylic acids is 1. The zero-order chi connectivity index (χ0) is 20.1. The Morgan fingerprint density at radius 1 is 1.26 bits per heavy atom. The van der Waals surface area contributed by atoms with E-state index in [4.69, 9.17) is 10.8 Å². The number of halogens is 3. The van der Waals surface area contributed by atoms with E-state index in [1.807, 2.05) is 0 Å². The van der Waals surface area contributed by atoms with E-state index >= 15 is 0 Å². The Labute approximate surface area is 157 Å². The van der Waals surface area contributed by atoms with Crippen LogP contribution < -0.4 is 11.1 Å². The number of carbonyl (C=O) groups is 3. The monoisotopic (exact) mass is 405 g/mol. The molecule has 27 heavy (non-hydrogen) atoms. The molecular weight excluding hydrogens is 387 g/mol. The fraction of sp³-hybridized carbons (Fsp3) is 0.438. The van der Waals surface area contributed by atoms with E-state index in [2.05, 4.69) is 5.32 Å². The highest BCUT2D eigenvalue weighted by atomic mass is 32.2. The van der Waals surface area contributed by atoms with Crippen molar-refractivity contribution in [1.82, 2.24) is 10.2 Å². The van der Waals surface area contributed by atoms with E-state index in [1.54, 1.807) is 0 Å². The summed E-state index contributed by atoms with van der Waals surface area (Å²) < 4.78 is 39.9. The van der Waals surface area contributed by atoms with Crippen LogP contribution in [0.5, 0.6) is 0 Å². The van der Waals surface area contributed by atoms with Crippen LogP contribution in [0, 0.1) is 17.5 Å². The maximum Gasteiger partial charge on any atom is 0.322 e. The Morgan fingerprint density at radius 2 is 1.93 bits per heavy atom. The van der Waals surface area contributed by atoms with Crippen molar-refractivity contribution < 1.29 is 32.7 Å². The fourth-order valence-electron chi connectivity index (χ4n) is 2.61. The molecule has 1 aromatic rings. The fourth-order valence-corrected chi connectivity index (χ4v) is 3.77. The standard InChI is InChI=1S/C16H18F3N3O4S/c17-10-6-12(19)11(18)4-8(10)3-9(20)5-13(23)22-1-2-27-16(22)15(26)21-7-14(24)25/h4,6,9,16H,1-3,5,7,20H2,(H,21,26)(H,24,25)/t9-,16?/m1/s1. The summed E-state index contributed by atoms with van der Waals surface area (Å²) in [7, 11) is 0. The van der Waals surface area contributed by atoms with Crippen LogP contribution in [0.25, 0.3) is 0 Å². The van der Waals surface area contributed by atoms with E-state index < -0.39 is 53.2 Å². The van der Waals surface area contributed by atoms with E-state index in [1.165, 1.54) is 16.7 Å². The largest absolute Gasteiger partial charge is 0.480 e. The summed E-state index contributed by atoms with van der Waals surface area (Å²) in [5.41, 5.74) is 5.68. The number of hydrogen-bond donors (Lipinski definition) is 3. The first-order chi connectivity index (χ1) is 12.7. The first-order valence-corrected chi connectivity index (χ1v) is 9.03. The lowest BCUT2D eigenvalue weighted by atomic mass is 10.0. The third-order valence-electron chi connectivity index (χ3n) is 3.86. The van der Waals surface area contributed by atoms with Crippen molar-refractivity contribution in [2.45, 2.75) is 24.3 Å². The molecule has 7 nitrogen and oxygen atoms in total. The minimum absolute atomic E-state index is 0.152. The third kappa shape index (κ3) is 5.60. The van der Waals surface area contributed by atoms with Crippen LogP contribution in [0.4, 0.5) is 13.2 Å². The van der Waals surface area contributed by atoms with Crippen molar-refractivity contribution in [2.24, 2.45) is 5.73 Å². The van der Waals surface area contributed by atoms with Crippen molar-refractivity contribution in [3.05, 3.63) is 35.1 Å². The molecule has 1 aliphatic rings. The molecule has 1 aromatic carbocycles. The molecule has 2 amide bonds. The molecule has 1 aliphatic heterocycles. The third-order valence-corrected chi connectivity index (χ3v) is 5.06. The lowest BCUT2D eigenvalue weighted by molar-refractivity contribution is -0.139. The quantitative estimate of drug-likeness (QED) is 0.569. The average Bonchev–Trinajstić information content (AvgIpc) is 3.07. The lowest BCUT2D eigenvalue weighted by Gasteiger charge is -2.24. The van der Waals surface area contributed by atoms with Crippen LogP contribution in [0.3, 0.4) is 0 Å². The predicted molar refractivity (Wildman–Crippen MR) is 91.2 cm³/mol. The van der Waals surface area contributed by atoms with Gasteiger partial charge in [0.2, 0.25) is 5.91 Å². The van der Waals surface area contributed by atoms with Gasteiger partial charge >= 0.3 is 5.97 Å². The first kappa shape index (κ1) is 21.0. The SMILES string of the molecule is N[C@@H](CC(=O)N1CCSC1C(=O)NCC(=O)O)Cc1cc(F)c(F)cc1F. The van der Waals surface area contributed by atoms with Crippen LogP contribution in [0.15, 0.2) is 12.1 Å². The minimum Gasteiger partial charge on any atom is -0.480 e. The van der Waals surface area contributed by atoms with Gasteiger partial charge in [-0.15, -0.1) is 11.8 Å². The number of nitrogens with two attached hydrogens (primary N) is 1. The molecule has 0 saturated carbocycles. The van der Waals surface area contributed by atoms with Crippen LogP contribution in [0.2, 0.25) is 0 Å². The Balaban J connectivity index is 1.96. The Morgan fingerprint density at radius 3 is 2.59 bits per heavy atom. The molecule has 0 aliphatic carbocycles. The van der Waals surface area contributed by atoms with Gasteiger partial charge in [0.15, 0.2) is 17.0 Å². The van der Waals surface area contributed by atoms with Crippen LogP contribution >= 0.6 is 11.8 Å². The number of carbonyl (C=O) groups excluding carboxylic acids is 2. The summed E-state index contributed by atoms with van der Waals surface area (Å²) in [5.74, 6) is -5.27. The van der Waals surface area contributed by atoms with Crippen molar-refractivity contribution >= 4 is 29.5 Å². The van der Waals surface area contributed by atoms with Crippen molar-refractivity contribution in [1.29, 1.82) is 0 Å². The van der Waals surface area contributed by atoms with Crippen molar-refractivity contribution in [3.63, 3.8) is 0 Å². The van der Waals surface area contributed by atoms with Gasteiger partial charge in [-0.2, -0.15) is 0 Å². The molecule has 1 saturated heterocycles. The lowest BCUT2D eigenvalue weighted by Crippen LogP contribution is -2.47. The van der Waals surface area contributed by atoms with E-state index in [0.29, 0.717) is 17.9 Å². The van der Waals surface area contributed by atoms with Crippen LogP contribution in [-0.2, 0) is 20.8 Å². The summed E-state index contributed by atoms with van der Waals surface area (Å²) in [6.07, 6.45) is -0.423. The number of carboxylic acids is 1. The average molecular weight is 405 g/mol. The number of nitrogens with zero attached hydrogens (tertiary/aromatic N) is 1. The van der Waals surface area contributed by atoms with E-state index in [-0.39, 0.29) is 24.9 Å². The molecule has 0 radical (unpaired) electrons. The van der Waals surface area contributed by atoms with Gasteiger partial charge in [-0.1, -0.05) is 0 Å². The summed E-state index contributed by atoms with van der Waals surface area (Å²) in [6, 6.07) is 0.243. The second kappa shape index (κ2) is 9.09.